The predicted molar refractivity (Wildman–Crippen MR) is 63.9 cm³/mol. The molecule has 0 saturated heterocycles. The Kier molecular flexibility index (Phi) is 5.08. The summed E-state index contributed by atoms with van der Waals surface area (Å²) in [6, 6.07) is 3.84. The number of rotatable bonds is 4. The SMILES string of the molecule is COC(=O)C(C)CS(=O)c1ccc(F)c(Cl)c1. The lowest BCUT2D eigenvalue weighted by Gasteiger charge is -2.09. The molecule has 0 aromatic heterocycles. The molecule has 1 aromatic carbocycles. The standard InChI is InChI=1S/C11H12ClFO3S/c1-7(11(14)16-2)6-17(15)8-3-4-10(13)9(12)5-8/h3-5,7H,6H2,1-2H3. The summed E-state index contributed by atoms with van der Waals surface area (Å²) >= 11 is 5.58. The van der Waals surface area contributed by atoms with Gasteiger partial charge in [0.05, 0.1) is 28.8 Å². The zero-order valence-corrected chi connectivity index (χ0v) is 11.0. The molecule has 94 valence electrons. The first-order chi connectivity index (χ1) is 7.95. The first kappa shape index (κ1) is 14.1. The van der Waals surface area contributed by atoms with Crippen LogP contribution in [-0.4, -0.2) is 23.0 Å². The van der Waals surface area contributed by atoms with Crippen molar-refractivity contribution in [3.63, 3.8) is 0 Å². The second-order valence-corrected chi connectivity index (χ2v) is 5.42. The number of benzene rings is 1. The molecular weight excluding hydrogens is 267 g/mol. The van der Waals surface area contributed by atoms with Crippen LogP contribution in [0.4, 0.5) is 4.39 Å². The van der Waals surface area contributed by atoms with Gasteiger partial charge in [0.15, 0.2) is 0 Å². The van der Waals surface area contributed by atoms with Gasteiger partial charge in [0, 0.05) is 10.6 Å². The molecule has 1 aromatic rings. The summed E-state index contributed by atoms with van der Waals surface area (Å²) in [5, 5.41) is -0.0819. The Bertz CT molecular complexity index is 450. The van der Waals surface area contributed by atoms with Crippen LogP contribution in [0.5, 0.6) is 0 Å². The quantitative estimate of drug-likeness (QED) is 0.795. The molecule has 0 heterocycles. The van der Waals surface area contributed by atoms with Crippen molar-refractivity contribution >= 4 is 28.4 Å². The van der Waals surface area contributed by atoms with Crippen LogP contribution in [0.15, 0.2) is 23.1 Å². The minimum absolute atomic E-state index is 0.0819. The number of hydrogen-bond donors (Lipinski definition) is 0. The van der Waals surface area contributed by atoms with Crippen LogP contribution in [0.2, 0.25) is 5.02 Å². The lowest BCUT2D eigenvalue weighted by Crippen LogP contribution is -2.19. The average molecular weight is 279 g/mol. The third-order valence-electron chi connectivity index (χ3n) is 2.16. The van der Waals surface area contributed by atoms with Crippen LogP contribution >= 0.6 is 11.6 Å². The predicted octanol–water partition coefficient (Wildman–Crippen LogP) is 2.40. The molecule has 3 nitrogen and oxygen atoms in total. The Morgan fingerprint density at radius 3 is 2.76 bits per heavy atom. The monoisotopic (exact) mass is 278 g/mol. The van der Waals surface area contributed by atoms with E-state index in [0.717, 1.165) is 6.07 Å². The Labute approximate surface area is 106 Å². The Balaban J connectivity index is 2.76. The van der Waals surface area contributed by atoms with Crippen LogP contribution in [0.3, 0.4) is 0 Å². The maximum absolute atomic E-state index is 12.9. The zero-order valence-electron chi connectivity index (χ0n) is 9.41. The molecule has 0 radical (unpaired) electrons. The fourth-order valence-corrected chi connectivity index (χ4v) is 2.71. The lowest BCUT2D eigenvalue weighted by molar-refractivity contribution is -0.144. The fraction of sp³-hybridized carbons (Fsp3) is 0.364. The first-order valence-electron chi connectivity index (χ1n) is 4.87. The molecule has 0 spiro atoms. The van der Waals surface area contributed by atoms with Crippen molar-refractivity contribution in [2.24, 2.45) is 5.92 Å². The van der Waals surface area contributed by atoms with Crippen LogP contribution in [0, 0.1) is 11.7 Å². The van der Waals surface area contributed by atoms with Crippen molar-refractivity contribution in [2.75, 3.05) is 12.9 Å². The van der Waals surface area contributed by atoms with E-state index in [1.807, 2.05) is 0 Å². The molecule has 17 heavy (non-hydrogen) atoms. The topological polar surface area (TPSA) is 43.4 Å². The molecule has 0 aliphatic heterocycles. The van der Waals surface area contributed by atoms with Gasteiger partial charge in [-0.3, -0.25) is 9.00 Å². The van der Waals surface area contributed by atoms with Gasteiger partial charge in [0.2, 0.25) is 0 Å². The van der Waals surface area contributed by atoms with E-state index in [4.69, 9.17) is 11.6 Å². The molecular formula is C11H12ClFO3S. The summed E-state index contributed by atoms with van der Waals surface area (Å²) in [5.74, 6) is -1.35. The average Bonchev–Trinajstić information content (AvgIpc) is 2.31. The van der Waals surface area contributed by atoms with Gasteiger partial charge >= 0.3 is 5.97 Å². The van der Waals surface area contributed by atoms with Gasteiger partial charge in [-0.2, -0.15) is 0 Å². The van der Waals surface area contributed by atoms with E-state index in [1.165, 1.54) is 19.2 Å². The number of methoxy groups -OCH3 is 1. The van der Waals surface area contributed by atoms with Crippen LogP contribution in [0.1, 0.15) is 6.92 Å². The van der Waals surface area contributed by atoms with E-state index in [0.29, 0.717) is 4.90 Å². The minimum Gasteiger partial charge on any atom is -0.469 e. The third-order valence-corrected chi connectivity index (χ3v) is 4.03. The molecule has 0 bridgehead atoms. The molecule has 0 aliphatic rings. The number of esters is 1. The third kappa shape index (κ3) is 3.78. The van der Waals surface area contributed by atoms with E-state index in [2.05, 4.69) is 4.74 Å². The van der Waals surface area contributed by atoms with Gasteiger partial charge in [0.25, 0.3) is 0 Å². The van der Waals surface area contributed by atoms with Crippen molar-refractivity contribution in [2.45, 2.75) is 11.8 Å². The van der Waals surface area contributed by atoms with Gasteiger partial charge in [-0.25, -0.2) is 4.39 Å². The van der Waals surface area contributed by atoms with Gasteiger partial charge in [-0.15, -0.1) is 0 Å². The Morgan fingerprint density at radius 2 is 2.24 bits per heavy atom. The second kappa shape index (κ2) is 6.12. The molecule has 0 saturated carbocycles. The first-order valence-corrected chi connectivity index (χ1v) is 6.56. The van der Waals surface area contributed by atoms with E-state index in [1.54, 1.807) is 6.92 Å². The molecule has 1 rings (SSSR count). The summed E-state index contributed by atoms with van der Waals surface area (Å²) in [6.45, 7) is 1.62. The van der Waals surface area contributed by atoms with Crippen LogP contribution in [-0.2, 0) is 20.3 Å². The van der Waals surface area contributed by atoms with E-state index in [9.17, 15) is 13.4 Å². The van der Waals surface area contributed by atoms with E-state index < -0.39 is 28.5 Å². The number of carbonyl (C=O) groups excluding carboxylic acids is 1. The number of halogens is 2. The van der Waals surface area contributed by atoms with Gasteiger partial charge in [-0.05, 0) is 18.2 Å². The normalized spacial score (nSPS) is 14.1. The molecule has 0 aliphatic carbocycles. The summed E-state index contributed by atoms with van der Waals surface area (Å²) in [7, 11) is -0.132. The molecule has 0 N–H and O–H groups in total. The molecule has 6 heteroatoms. The molecule has 0 fully saturated rings. The molecule has 2 unspecified atom stereocenters. The number of hydrogen-bond acceptors (Lipinski definition) is 3. The van der Waals surface area contributed by atoms with Crippen molar-refractivity contribution in [3.8, 4) is 0 Å². The smallest absolute Gasteiger partial charge is 0.309 e. The number of ether oxygens (including phenoxy) is 1. The van der Waals surface area contributed by atoms with Crippen molar-refractivity contribution in [1.82, 2.24) is 0 Å². The maximum Gasteiger partial charge on any atom is 0.309 e. The zero-order chi connectivity index (χ0) is 13.0. The fourth-order valence-electron chi connectivity index (χ4n) is 1.21. The van der Waals surface area contributed by atoms with E-state index >= 15 is 0 Å². The summed E-state index contributed by atoms with van der Waals surface area (Å²) in [6.07, 6.45) is 0. The van der Waals surface area contributed by atoms with E-state index in [-0.39, 0.29) is 10.8 Å². The molecule has 2 atom stereocenters. The van der Waals surface area contributed by atoms with Crippen molar-refractivity contribution in [1.29, 1.82) is 0 Å². The molecule has 0 amide bonds. The van der Waals surface area contributed by atoms with Gasteiger partial charge in [-0.1, -0.05) is 18.5 Å². The minimum atomic E-state index is -1.41. The summed E-state index contributed by atoms with van der Waals surface area (Å²) in [4.78, 5) is 11.6. The highest BCUT2D eigenvalue weighted by molar-refractivity contribution is 7.85. The van der Waals surface area contributed by atoms with Crippen LogP contribution < -0.4 is 0 Å². The largest absolute Gasteiger partial charge is 0.469 e. The summed E-state index contributed by atoms with van der Waals surface area (Å²) < 4.78 is 29.3. The lowest BCUT2D eigenvalue weighted by atomic mass is 10.2. The Morgan fingerprint density at radius 1 is 1.59 bits per heavy atom. The highest BCUT2D eigenvalue weighted by Gasteiger charge is 2.18. The Hall–Kier alpha value is -0.940. The second-order valence-electron chi connectivity index (χ2n) is 3.51. The van der Waals surface area contributed by atoms with Gasteiger partial charge in [0.1, 0.15) is 5.82 Å². The van der Waals surface area contributed by atoms with Crippen LogP contribution in [0.25, 0.3) is 0 Å². The van der Waals surface area contributed by atoms with Gasteiger partial charge < -0.3 is 4.74 Å². The highest BCUT2D eigenvalue weighted by Crippen LogP contribution is 2.19. The maximum atomic E-state index is 12.9. The highest BCUT2D eigenvalue weighted by atomic mass is 35.5. The van der Waals surface area contributed by atoms with Crippen molar-refractivity contribution < 1.29 is 18.1 Å². The van der Waals surface area contributed by atoms with Crippen molar-refractivity contribution in [3.05, 3.63) is 29.0 Å². The summed E-state index contributed by atoms with van der Waals surface area (Å²) in [5.41, 5.74) is 0. The number of carbonyl (C=O) groups is 1.